The summed E-state index contributed by atoms with van der Waals surface area (Å²) in [7, 11) is -1.98. The van der Waals surface area contributed by atoms with Gasteiger partial charge in [-0.3, -0.25) is 0 Å². The summed E-state index contributed by atoms with van der Waals surface area (Å²) in [4.78, 5) is 7.97. The van der Waals surface area contributed by atoms with Gasteiger partial charge in [0.05, 0.1) is 11.4 Å². The Morgan fingerprint density at radius 3 is 2.84 bits per heavy atom. The van der Waals surface area contributed by atoms with E-state index in [9.17, 15) is 8.42 Å². The summed E-state index contributed by atoms with van der Waals surface area (Å²) in [6.45, 7) is 1.60. The molecule has 0 saturated carbocycles. The molecule has 9 heteroatoms. The maximum Gasteiger partial charge on any atom is 0.241 e. The third-order valence-electron chi connectivity index (χ3n) is 2.28. The van der Waals surface area contributed by atoms with Crippen molar-refractivity contribution >= 4 is 15.8 Å². The molecule has 0 aliphatic rings. The van der Waals surface area contributed by atoms with E-state index in [1.165, 1.54) is 18.3 Å². The number of aryl methyl sites for hydroxylation is 1. The topological polar surface area (TPSA) is 110 Å². The molecule has 0 saturated heterocycles. The van der Waals surface area contributed by atoms with E-state index in [0.717, 1.165) is 0 Å². The summed E-state index contributed by atoms with van der Waals surface area (Å²) in [5.41, 5.74) is 0. The van der Waals surface area contributed by atoms with Gasteiger partial charge < -0.3 is 9.84 Å². The summed E-state index contributed by atoms with van der Waals surface area (Å²) in [6.07, 6.45) is 1.41. The Morgan fingerprint density at radius 1 is 1.42 bits per heavy atom. The van der Waals surface area contributed by atoms with Gasteiger partial charge in [-0.05, 0) is 13.0 Å². The number of nitrogens with one attached hydrogen (secondary N) is 2. The predicted molar refractivity (Wildman–Crippen MR) is 66.8 cm³/mol. The van der Waals surface area contributed by atoms with Crippen molar-refractivity contribution in [2.24, 2.45) is 0 Å². The van der Waals surface area contributed by atoms with Gasteiger partial charge in [0.15, 0.2) is 5.82 Å². The number of pyridine rings is 1. The molecule has 0 aliphatic heterocycles. The van der Waals surface area contributed by atoms with Crippen LogP contribution in [0.3, 0.4) is 0 Å². The molecule has 2 rings (SSSR count). The lowest BCUT2D eigenvalue weighted by atomic mass is 10.5. The molecule has 0 aromatic carbocycles. The highest BCUT2D eigenvalue weighted by Crippen LogP contribution is 2.12. The van der Waals surface area contributed by atoms with Crippen LogP contribution in [0.15, 0.2) is 27.7 Å². The number of rotatable bonds is 5. The molecule has 19 heavy (non-hydrogen) atoms. The van der Waals surface area contributed by atoms with Crippen LogP contribution in [0.2, 0.25) is 0 Å². The minimum atomic E-state index is -3.64. The van der Waals surface area contributed by atoms with Crippen LogP contribution in [0.1, 0.15) is 11.7 Å². The zero-order valence-corrected chi connectivity index (χ0v) is 11.2. The third-order valence-corrected chi connectivity index (χ3v) is 3.68. The van der Waals surface area contributed by atoms with E-state index >= 15 is 0 Å². The second-order valence-electron chi connectivity index (χ2n) is 3.69. The molecule has 0 amide bonds. The molecule has 0 spiro atoms. The number of hydrogen-bond donors (Lipinski definition) is 2. The van der Waals surface area contributed by atoms with Gasteiger partial charge in [0.2, 0.25) is 15.9 Å². The van der Waals surface area contributed by atoms with E-state index in [-0.39, 0.29) is 17.3 Å². The smallest absolute Gasteiger partial charge is 0.241 e. The van der Waals surface area contributed by atoms with Crippen molar-refractivity contribution in [1.82, 2.24) is 19.8 Å². The fraction of sp³-hybridized carbons (Fsp3) is 0.300. The first-order chi connectivity index (χ1) is 9.01. The zero-order valence-electron chi connectivity index (χ0n) is 10.4. The first kappa shape index (κ1) is 13.4. The van der Waals surface area contributed by atoms with E-state index in [4.69, 9.17) is 4.52 Å². The van der Waals surface area contributed by atoms with Crippen LogP contribution in [0.25, 0.3) is 0 Å². The number of sulfonamides is 1. The van der Waals surface area contributed by atoms with Gasteiger partial charge in [0, 0.05) is 19.3 Å². The van der Waals surface area contributed by atoms with E-state index in [1.807, 2.05) is 0 Å². The molecule has 0 aliphatic carbocycles. The van der Waals surface area contributed by atoms with Crippen molar-refractivity contribution in [2.75, 3.05) is 12.4 Å². The highest BCUT2D eigenvalue weighted by molar-refractivity contribution is 7.89. The van der Waals surface area contributed by atoms with E-state index in [1.54, 1.807) is 14.0 Å². The van der Waals surface area contributed by atoms with E-state index in [2.05, 4.69) is 25.2 Å². The second-order valence-corrected chi connectivity index (χ2v) is 5.45. The molecule has 102 valence electrons. The Kier molecular flexibility index (Phi) is 3.76. The largest absolute Gasteiger partial charge is 0.373 e. The Morgan fingerprint density at radius 2 is 2.21 bits per heavy atom. The average molecular weight is 283 g/mol. The van der Waals surface area contributed by atoms with Crippen LogP contribution in [0.4, 0.5) is 5.82 Å². The van der Waals surface area contributed by atoms with E-state index < -0.39 is 10.0 Å². The Labute approximate surface area is 110 Å². The molecule has 8 nitrogen and oxygen atoms in total. The van der Waals surface area contributed by atoms with Crippen molar-refractivity contribution in [1.29, 1.82) is 0 Å². The Bertz CT molecular complexity index is 667. The van der Waals surface area contributed by atoms with Crippen LogP contribution in [0.5, 0.6) is 0 Å². The van der Waals surface area contributed by atoms with Crippen LogP contribution in [0, 0.1) is 6.92 Å². The lowest BCUT2D eigenvalue weighted by Crippen LogP contribution is -2.23. The number of aromatic nitrogens is 3. The van der Waals surface area contributed by atoms with Gasteiger partial charge in [-0.15, -0.1) is 0 Å². The zero-order chi connectivity index (χ0) is 13.9. The molecule has 0 atom stereocenters. The number of hydrogen-bond acceptors (Lipinski definition) is 7. The molecule has 0 unspecified atom stereocenters. The number of nitrogens with zero attached hydrogens (tertiary/aromatic N) is 3. The van der Waals surface area contributed by atoms with Crippen molar-refractivity contribution in [3.63, 3.8) is 0 Å². The highest BCUT2D eigenvalue weighted by Gasteiger charge is 2.16. The number of anilines is 1. The molecule has 2 N–H and O–H groups in total. The van der Waals surface area contributed by atoms with Crippen LogP contribution in [-0.2, 0) is 16.6 Å². The SMILES string of the molecule is CNc1cc(S(=O)(=O)NCc2nc(C)no2)ccn1. The Balaban J connectivity index is 2.13. The third kappa shape index (κ3) is 3.26. The van der Waals surface area contributed by atoms with Gasteiger partial charge in [-0.2, -0.15) is 4.98 Å². The lowest BCUT2D eigenvalue weighted by Gasteiger charge is -2.06. The van der Waals surface area contributed by atoms with Crippen molar-refractivity contribution in [3.05, 3.63) is 30.0 Å². The first-order valence-corrected chi connectivity index (χ1v) is 6.92. The minimum Gasteiger partial charge on any atom is -0.373 e. The predicted octanol–water partition coefficient (Wildman–Crippen LogP) is 0.293. The normalized spacial score (nSPS) is 11.5. The van der Waals surface area contributed by atoms with Gasteiger partial charge in [0.25, 0.3) is 0 Å². The molecular formula is C10H13N5O3S. The fourth-order valence-corrected chi connectivity index (χ4v) is 2.35. The standard InChI is InChI=1S/C10H13N5O3S/c1-7-14-10(18-15-7)6-13-19(16,17)8-3-4-12-9(5-8)11-2/h3-5,13H,6H2,1-2H3,(H,11,12). The van der Waals surface area contributed by atoms with E-state index in [0.29, 0.717) is 11.6 Å². The highest BCUT2D eigenvalue weighted by atomic mass is 32.2. The van der Waals surface area contributed by atoms with Crippen LogP contribution in [-0.4, -0.2) is 30.6 Å². The summed E-state index contributed by atoms with van der Waals surface area (Å²) >= 11 is 0. The summed E-state index contributed by atoms with van der Waals surface area (Å²) in [6, 6.07) is 2.84. The average Bonchev–Trinajstić information content (AvgIpc) is 2.82. The van der Waals surface area contributed by atoms with Crippen LogP contribution >= 0.6 is 0 Å². The van der Waals surface area contributed by atoms with Gasteiger partial charge in [0.1, 0.15) is 5.82 Å². The summed E-state index contributed by atoms with van der Waals surface area (Å²) < 4.78 is 31.3. The molecule has 2 aromatic heterocycles. The quantitative estimate of drug-likeness (QED) is 0.811. The van der Waals surface area contributed by atoms with Gasteiger partial charge in [-0.1, -0.05) is 5.16 Å². The molecule has 2 aromatic rings. The first-order valence-electron chi connectivity index (χ1n) is 5.44. The van der Waals surface area contributed by atoms with Gasteiger partial charge in [-0.25, -0.2) is 18.1 Å². The van der Waals surface area contributed by atoms with Crippen molar-refractivity contribution in [3.8, 4) is 0 Å². The maximum atomic E-state index is 12.0. The minimum absolute atomic E-state index is 0.0552. The molecular weight excluding hydrogens is 270 g/mol. The van der Waals surface area contributed by atoms with Gasteiger partial charge >= 0.3 is 0 Å². The lowest BCUT2D eigenvalue weighted by molar-refractivity contribution is 0.372. The van der Waals surface area contributed by atoms with Crippen molar-refractivity contribution < 1.29 is 12.9 Å². The molecule has 0 radical (unpaired) electrons. The molecule has 2 heterocycles. The molecule has 0 bridgehead atoms. The summed E-state index contributed by atoms with van der Waals surface area (Å²) in [5, 5.41) is 6.35. The molecule has 0 fully saturated rings. The monoisotopic (exact) mass is 283 g/mol. The van der Waals surface area contributed by atoms with Crippen LogP contribution < -0.4 is 10.0 Å². The summed E-state index contributed by atoms with van der Waals surface area (Å²) in [5.74, 6) is 1.14. The Hall–Kier alpha value is -2.00. The second kappa shape index (κ2) is 5.33. The fourth-order valence-electron chi connectivity index (χ4n) is 1.37. The maximum absolute atomic E-state index is 12.0. The van der Waals surface area contributed by atoms with Crippen molar-refractivity contribution in [2.45, 2.75) is 18.4 Å².